The van der Waals surface area contributed by atoms with Crippen molar-refractivity contribution in [3.63, 3.8) is 0 Å². The molecule has 1 saturated carbocycles. The van der Waals surface area contributed by atoms with Crippen molar-refractivity contribution >= 4 is 11.9 Å². The van der Waals surface area contributed by atoms with Gasteiger partial charge in [0.2, 0.25) is 5.89 Å². The zero-order valence-corrected chi connectivity index (χ0v) is 14.0. The van der Waals surface area contributed by atoms with Crippen LogP contribution >= 0.6 is 0 Å². The molecule has 4 rings (SSSR count). The summed E-state index contributed by atoms with van der Waals surface area (Å²) in [6.07, 6.45) is 7.15. The molecule has 1 N–H and O–H groups in total. The molecule has 0 radical (unpaired) electrons. The number of urea groups is 1. The molecule has 2 aliphatic rings. The third kappa shape index (κ3) is 2.92. The van der Waals surface area contributed by atoms with Gasteiger partial charge in [0.1, 0.15) is 11.8 Å². The van der Waals surface area contributed by atoms with Gasteiger partial charge in [0.05, 0.1) is 12.2 Å². The molecule has 1 aromatic heterocycles. The van der Waals surface area contributed by atoms with Gasteiger partial charge in [-0.3, -0.25) is 9.69 Å². The molecule has 1 spiro atoms. The minimum absolute atomic E-state index is 0.122. The third-order valence-electron chi connectivity index (χ3n) is 5.10. The number of carbonyl (C=O) groups is 2. The molecule has 6 heteroatoms. The van der Waals surface area contributed by atoms with Gasteiger partial charge in [-0.15, -0.1) is 0 Å². The van der Waals surface area contributed by atoms with Crippen LogP contribution in [0.4, 0.5) is 4.79 Å². The van der Waals surface area contributed by atoms with Gasteiger partial charge < -0.3 is 9.73 Å². The van der Waals surface area contributed by atoms with Gasteiger partial charge in [-0.25, -0.2) is 9.78 Å². The maximum absolute atomic E-state index is 12.9. The quantitative estimate of drug-likeness (QED) is 0.869. The highest BCUT2D eigenvalue weighted by Crippen LogP contribution is 2.33. The fourth-order valence-corrected chi connectivity index (χ4v) is 3.75. The number of rotatable bonds is 3. The molecule has 0 bridgehead atoms. The van der Waals surface area contributed by atoms with Crippen molar-refractivity contribution in [1.29, 1.82) is 0 Å². The van der Waals surface area contributed by atoms with Gasteiger partial charge in [0.25, 0.3) is 5.91 Å². The lowest BCUT2D eigenvalue weighted by Crippen LogP contribution is -2.46. The molecule has 2 aromatic rings. The number of carbonyl (C=O) groups excluding carboxylic acids is 2. The Morgan fingerprint density at radius 3 is 2.52 bits per heavy atom. The lowest BCUT2D eigenvalue weighted by atomic mass is 9.90. The number of nitrogens with one attached hydrogen (secondary N) is 1. The molecule has 1 aromatic carbocycles. The lowest BCUT2D eigenvalue weighted by molar-refractivity contribution is -0.132. The first-order chi connectivity index (χ1) is 12.2. The largest absolute Gasteiger partial charge is 0.444 e. The fraction of sp³-hybridized carbons (Fsp3) is 0.421. The molecular weight excluding hydrogens is 318 g/mol. The highest BCUT2D eigenvalue weighted by atomic mass is 16.3. The van der Waals surface area contributed by atoms with E-state index in [0.717, 1.165) is 44.1 Å². The van der Waals surface area contributed by atoms with Gasteiger partial charge in [-0.05, 0) is 25.0 Å². The summed E-state index contributed by atoms with van der Waals surface area (Å²) >= 11 is 0. The molecule has 25 heavy (non-hydrogen) atoms. The first-order valence-corrected chi connectivity index (χ1v) is 8.82. The maximum Gasteiger partial charge on any atom is 0.325 e. The summed E-state index contributed by atoms with van der Waals surface area (Å²) in [5.41, 5.74) is 0.735. The molecule has 2 heterocycles. The molecule has 1 aliphatic heterocycles. The summed E-state index contributed by atoms with van der Waals surface area (Å²) in [6.45, 7) is 0.142. The zero-order chi connectivity index (χ0) is 17.3. The van der Waals surface area contributed by atoms with Crippen molar-refractivity contribution in [3.8, 4) is 11.5 Å². The summed E-state index contributed by atoms with van der Waals surface area (Å²) in [5.74, 6) is 0.371. The van der Waals surface area contributed by atoms with E-state index in [4.69, 9.17) is 4.42 Å². The number of aromatic nitrogens is 1. The first kappa shape index (κ1) is 15.9. The van der Waals surface area contributed by atoms with Gasteiger partial charge in [0, 0.05) is 5.56 Å². The van der Waals surface area contributed by atoms with Crippen LogP contribution in [0, 0.1) is 0 Å². The smallest absolute Gasteiger partial charge is 0.325 e. The number of amides is 3. The number of hydrogen-bond acceptors (Lipinski definition) is 4. The van der Waals surface area contributed by atoms with E-state index in [9.17, 15) is 9.59 Å². The molecule has 2 fully saturated rings. The SMILES string of the molecule is O=C1NC2(CCCCCC2)C(=O)N1Cc1coc(-c2ccccc2)n1. The van der Waals surface area contributed by atoms with Crippen LogP contribution in [-0.4, -0.2) is 27.4 Å². The Balaban J connectivity index is 1.52. The maximum atomic E-state index is 12.9. The number of oxazole rings is 1. The van der Waals surface area contributed by atoms with Crippen LogP contribution in [0.2, 0.25) is 0 Å². The van der Waals surface area contributed by atoms with E-state index < -0.39 is 5.54 Å². The average Bonchev–Trinajstić information content (AvgIpc) is 3.08. The van der Waals surface area contributed by atoms with Crippen LogP contribution in [0.1, 0.15) is 44.2 Å². The summed E-state index contributed by atoms with van der Waals surface area (Å²) in [5, 5.41) is 2.95. The Morgan fingerprint density at radius 1 is 1.08 bits per heavy atom. The topological polar surface area (TPSA) is 75.4 Å². The van der Waals surface area contributed by atoms with E-state index in [2.05, 4.69) is 10.3 Å². The van der Waals surface area contributed by atoms with Crippen molar-refractivity contribution in [3.05, 3.63) is 42.3 Å². The Morgan fingerprint density at radius 2 is 1.80 bits per heavy atom. The normalized spacial score (nSPS) is 19.9. The zero-order valence-electron chi connectivity index (χ0n) is 14.0. The second-order valence-corrected chi connectivity index (χ2v) is 6.83. The van der Waals surface area contributed by atoms with E-state index in [0.29, 0.717) is 11.6 Å². The van der Waals surface area contributed by atoms with Crippen molar-refractivity contribution in [1.82, 2.24) is 15.2 Å². The predicted molar refractivity (Wildman–Crippen MR) is 91.5 cm³/mol. The fourth-order valence-electron chi connectivity index (χ4n) is 3.75. The molecule has 130 valence electrons. The lowest BCUT2D eigenvalue weighted by Gasteiger charge is -2.24. The van der Waals surface area contributed by atoms with Gasteiger partial charge in [0.15, 0.2) is 0 Å². The predicted octanol–water partition coefficient (Wildman–Crippen LogP) is 3.49. The summed E-state index contributed by atoms with van der Waals surface area (Å²) in [6, 6.07) is 9.23. The van der Waals surface area contributed by atoms with E-state index in [1.807, 2.05) is 30.3 Å². The standard InChI is InChI=1S/C19H21N3O3/c23-17-19(10-6-1-2-7-11-19)21-18(24)22(17)12-15-13-25-16(20-15)14-8-4-3-5-9-14/h3-5,8-9,13H,1-2,6-7,10-12H2,(H,21,24). The van der Waals surface area contributed by atoms with Crippen LogP contribution in [0.25, 0.3) is 11.5 Å². The molecular formula is C19H21N3O3. The Bertz CT molecular complexity index is 776. The van der Waals surface area contributed by atoms with Crippen LogP contribution in [0.15, 0.2) is 41.0 Å². The molecule has 1 saturated heterocycles. The number of nitrogens with zero attached hydrogens (tertiary/aromatic N) is 2. The second-order valence-electron chi connectivity index (χ2n) is 6.83. The minimum atomic E-state index is -0.709. The number of hydrogen-bond donors (Lipinski definition) is 1. The summed E-state index contributed by atoms with van der Waals surface area (Å²) in [7, 11) is 0. The first-order valence-electron chi connectivity index (χ1n) is 8.82. The average molecular weight is 339 g/mol. The minimum Gasteiger partial charge on any atom is -0.444 e. The van der Waals surface area contributed by atoms with Crippen LogP contribution in [-0.2, 0) is 11.3 Å². The van der Waals surface area contributed by atoms with Crippen molar-refractivity contribution < 1.29 is 14.0 Å². The van der Waals surface area contributed by atoms with Gasteiger partial charge in [-0.2, -0.15) is 0 Å². The van der Waals surface area contributed by atoms with Crippen molar-refractivity contribution in [2.24, 2.45) is 0 Å². The third-order valence-corrected chi connectivity index (χ3v) is 5.10. The number of imide groups is 1. The monoisotopic (exact) mass is 339 g/mol. The van der Waals surface area contributed by atoms with Gasteiger partial charge >= 0.3 is 6.03 Å². The Labute approximate surface area is 146 Å². The Kier molecular flexibility index (Phi) is 4.03. The summed E-state index contributed by atoms with van der Waals surface area (Å²) < 4.78 is 5.51. The van der Waals surface area contributed by atoms with E-state index >= 15 is 0 Å². The molecule has 0 unspecified atom stereocenters. The van der Waals surface area contributed by atoms with E-state index in [1.54, 1.807) is 0 Å². The number of benzene rings is 1. The molecule has 1 aliphatic carbocycles. The van der Waals surface area contributed by atoms with Crippen molar-refractivity contribution in [2.75, 3.05) is 0 Å². The van der Waals surface area contributed by atoms with E-state index in [-0.39, 0.29) is 18.5 Å². The van der Waals surface area contributed by atoms with Crippen LogP contribution < -0.4 is 5.32 Å². The van der Waals surface area contributed by atoms with Crippen LogP contribution in [0.5, 0.6) is 0 Å². The molecule has 6 nitrogen and oxygen atoms in total. The summed E-state index contributed by atoms with van der Waals surface area (Å²) in [4.78, 5) is 31.0. The highest BCUT2D eigenvalue weighted by molar-refractivity contribution is 6.06. The second kappa shape index (κ2) is 6.35. The molecule has 0 atom stereocenters. The van der Waals surface area contributed by atoms with Crippen molar-refractivity contribution in [2.45, 2.75) is 50.6 Å². The van der Waals surface area contributed by atoms with Gasteiger partial charge in [-0.1, -0.05) is 43.9 Å². The molecule has 3 amide bonds. The highest BCUT2D eigenvalue weighted by Gasteiger charge is 2.50. The van der Waals surface area contributed by atoms with E-state index in [1.165, 1.54) is 11.2 Å². The van der Waals surface area contributed by atoms with Crippen LogP contribution in [0.3, 0.4) is 0 Å². The Hall–Kier alpha value is -2.63.